The van der Waals surface area contributed by atoms with E-state index in [1.165, 1.54) is 22.3 Å². The highest BCUT2D eigenvalue weighted by molar-refractivity contribution is 5.98. The first-order chi connectivity index (χ1) is 32.2. The van der Waals surface area contributed by atoms with Gasteiger partial charge in [0.15, 0.2) is 0 Å². The number of amides is 7. The molecule has 26 nitrogen and oxygen atoms in total. The minimum atomic E-state index is -1.30. The maximum atomic E-state index is 14.5. The number of H-pyrrole nitrogens is 1. The Kier molecular flexibility index (Phi) is 23.6. The van der Waals surface area contributed by atoms with Crippen LogP contribution in [-0.4, -0.2) is 171 Å². The molecule has 7 amide bonds. The first-order valence-electron chi connectivity index (χ1n) is 23.4. The summed E-state index contributed by atoms with van der Waals surface area (Å²) < 4.78 is 0. The number of aliphatic hydroxyl groups is 1. The van der Waals surface area contributed by atoms with Crippen molar-refractivity contribution in [2.75, 3.05) is 32.8 Å². The third kappa shape index (κ3) is 17.3. The van der Waals surface area contributed by atoms with E-state index in [2.05, 4.69) is 47.2 Å². The average Bonchev–Trinajstić information content (AvgIpc) is 4.11. The summed E-state index contributed by atoms with van der Waals surface area (Å²) in [5, 5.41) is 38.3. The highest BCUT2D eigenvalue weighted by Crippen LogP contribution is 2.23. The topological polar surface area (TPSA) is 426 Å². The van der Waals surface area contributed by atoms with Crippen LogP contribution in [0.4, 0.5) is 0 Å². The summed E-state index contributed by atoms with van der Waals surface area (Å²) in [4.78, 5) is 119. The van der Waals surface area contributed by atoms with Gasteiger partial charge in [0, 0.05) is 31.4 Å². The number of nitrogens with zero attached hydrogens (tertiary/aromatic N) is 3. The third-order valence-electron chi connectivity index (χ3n) is 12.2. The fourth-order valence-corrected chi connectivity index (χ4v) is 8.11. The molecule has 384 valence electrons. The number of hydrogen-bond acceptors (Lipinski definition) is 17. The van der Waals surface area contributed by atoms with E-state index in [4.69, 9.17) is 28.7 Å². The van der Waals surface area contributed by atoms with Gasteiger partial charge in [0.1, 0.15) is 60.9 Å². The first-order valence-corrected chi connectivity index (χ1v) is 23.4. The lowest BCUT2D eigenvalue weighted by Gasteiger charge is -2.33. The molecule has 9 atom stereocenters. The molecule has 20 N–H and O–H groups in total. The van der Waals surface area contributed by atoms with Gasteiger partial charge in [-0.1, -0.05) is 34.1 Å². The molecule has 26 heteroatoms. The van der Waals surface area contributed by atoms with Crippen molar-refractivity contribution in [2.45, 2.75) is 153 Å². The van der Waals surface area contributed by atoms with Crippen LogP contribution in [0.15, 0.2) is 12.5 Å². The fourth-order valence-electron chi connectivity index (χ4n) is 8.11. The Hall–Kier alpha value is -5.35. The zero-order valence-corrected chi connectivity index (χ0v) is 39.6. The Bertz CT molecular complexity index is 1820. The molecule has 2 fully saturated rings. The molecule has 0 bridgehead atoms. The van der Waals surface area contributed by atoms with Crippen molar-refractivity contribution >= 4 is 47.3 Å². The molecule has 68 heavy (non-hydrogen) atoms. The van der Waals surface area contributed by atoms with Gasteiger partial charge in [-0.05, 0) is 76.3 Å². The van der Waals surface area contributed by atoms with Gasteiger partial charge in [0.25, 0.3) is 0 Å². The molecule has 0 aromatic carbocycles. The second-order valence-corrected chi connectivity index (χ2v) is 17.8. The molecule has 0 unspecified atom stereocenters. The number of carbonyl (C=O) groups is 8. The predicted molar refractivity (Wildman–Crippen MR) is 247 cm³/mol. The van der Waals surface area contributed by atoms with Gasteiger partial charge in [0.2, 0.25) is 41.4 Å². The molecule has 3 rings (SSSR count). The van der Waals surface area contributed by atoms with E-state index < -0.39 is 127 Å². The molecule has 0 radical (unpaired) electrons. The molecule has 3 heterocycles. The minimum Gasteiger partial charge on any atom is -0.480 e. The molecular formula is C42H76N16O10. The number of aromatic nitrogens is 2. The van der Waals surface area contributed by atoms with Gasteiger partial charge >= 0.3 is 5.97 Å². The predicted octanol–water partition coefficient (Wildman–Crippen LogP) is -5.39. The number of imidazole rings is 1. The van der Waals surface area contributed by atoms with E-state index in [0.29, 0.717) is 37.8 Å². The van der Waals surface area contributed by atoms with Crippen LogP contribution in [0.25, 0.3) is 0 Å². The zero-order valence-electron chi connectivity index (χ0n) is 39.6. The highest BCUT2D eigenvalue weighted by atomic mass is 16.4. The largest absolute Gasteiger partial charge is 0.480 e. The smallest absolute Gasteiger partial charge is 0.326 e. The maximum Gasteiger partial charge on any atom is 0.326 e. The van der Waals surface area contributed by atoms with Crippen molar-refractivity contribution in [3.05, 3.63) is 18.2 Å². The van der Waals surface area contributed by atoms with E-state index in [0.717, 1.165) is 0 Å². The minimum absolute atomic E-state index is 0.0210. The number of nitrogens with one attached hydrogen (secondary N) is 8. The number of likely N-dealkylation sites (tertiary alicyclic amines) is 2. The number of aliphatic carboxylic acids is 1. The number of carboxylic acids is 1. The molecule has 2 aliphatic heterocycles. The van der Waals surface area contributed by atoms with Crippen LogP contribution in [0.5, 0.6) is 0 Å². The Morgan fingerprint density at radius 3 is 1.74 bits per heavy atom. The lowest BCUT2D eigenvalue weighted by molar-refractivity contribution is -0.145. The molecule has 2 aliphatic rings. The summed E-state index contributed by atoms with van der Waals surface area (Å²) in [6.07, 6.45) is 3.74. The third-order valence-corrected chi connectivity index (χ3v) is 12.2. The van der Waals surface area contributed by atoms with Crippen molar-refractivity contribution < 1.29 is 48.6 Å². The van der Waals surface area contributed by atoms with Gasteiger partial charge in [-0.15, -0.1) is 0 Å². The van der Waals surface area contributed by atoms with Crippen LogP contribution in [0, 0.1) is 11.8 Å². The zero-order chi connectivity index (χ0) is 50.7. The van der Waals surface area contributed by atoms with Crippen molar-refractivity contribution in [1.82, 2.24) is 57.0 Å². The van der Waals surface area contributed by atoms with Crippen LogP contribution >= 0.6 is 0 Å². The number of hydrogen-bond donors (Lipinski definition) is 15. The molecule has 1 aromatic rings. The van der Waals surface area contributed by atoms with Crippen molar-refractivity contribution in [3.63, 3.8) is 0 Å². The first kappa shape index (κ1) is 57.0. The van der Waals surface area contributed by atoms with Gasteiger partial charge in [-0.2, -0.15) is 0 Å². The van der Waals surface area contributed by atoms with Gasteiger partial charge in [-0.3, -0.25) is 44.2 Å². The van der Waals surface area contributed by atoms with Crippen LogP contribution in [0.2, 0.25) is 0 Å². The number of carboxylic acid groups (broad SMARTS) is 1. The SMILES string of the molecule is CC[C@H](C)[C@H](NC(=O)[C@@H]1CCCN1C(=O)[C@H](CCCNC(N)N)NC(=O)[C@@H]1CCCN1C(=O)[C@H](Cc1cnc[nH]1)NC(=O)[C@@H](N)CO)C(=O)N[C@@H](CCCNC(N)N)C(=O)N[C@H](C(=O)O)C(C)C. The van der Waals surface area contributed by atoms with E-state index >= 15 is 0 Å². The normalized spacial score (nSPS) is 19.2. The van der Waals surface area contributed by atoms with Crippen molar-refractivity contribution in [1.29, 1.82) is 0 Å². The van der Waals surface area contributed by atoms with E-state index in [-0.39, 0.29) is 58.3 Å². The fraction of sp³-hybridized carbons (Fsp3) is 0.738. The van der Waals surface area contributed by atoms with Crippen LogP contribution in [0.1, 0.15) is 91.2 Å². The summed E-state index contributed by atoms with van der Waals surface area (Å²) in [6.45, 7) is 7.03. The van der Waals surface area contributed by atoms with E-state index in [1.54, 1.807) is 20.8 Å². The van der Waals surface area contributed by atoms with Gasteiger partial charge in [0.05, 0.1) is 12.9 Å². The van der Waals surface area contributed by atoms with Crippen LogP contribution < -0.4 is 65.9 Å². The Morgan fingerprint density at radius 1 is 0.721 bits per heavy atom. The van der Waals surface area contributed by atoms with E-state index in [9.17, 15) is 48.6 Å². The van der Waals surface area contributed by atoms with E-state index in [1.807, 2.05) is 6.92 Å². The number of nitrogens with two attached hydrogens (primary N) is 5. The summed E-state index contributed by atoms with van der Waals surface area (Å²) >= 11 is 0. The standard InChI is InChI=1S/C42H76N16O10/c1-5-23(4)32(37(64)52-26(10-6-14-49-41(44)45)34(61)55-31(22(2)3)40(67)68)56-36(63)30-13-9-16-57(30)38(65)27(11-7-15-50-42(46)47)53-35(62)29-12-8-17-58(29)39(66)28(18-24-19-48-21-51-24)54-33(60)25(43)20-59/h19,21-23,25-32,41-42,49-50,59H,5-18,20,43-47H2,1-4H3,(H,48,51)(H,52,64)(H,53,62)(H,54,60)(H,55,61)(H,56,63)(H,67,68)/t23-,25-,26-,27-,28-,29-,30-,31-,32-/m0/s1. The highest BCUT2D eigenvalue weighted by Gasteiger charge is 2.43. The van der Waals surface area contributed by atoms with Crippen LogP contribution in [-0.2, 0) is 44.8 Å². The molecule has 1 aromatic heterocycles. The van der Waals surface area contributed by atoms with Crippen molar-refractivity contribution in [3.8, 4) is 0 Å². The molecule has 0 saturated carbocycles. The van der Waals surface area contributed by atoms with Crippen molar-refractivity contribution in [2.24, 2.45) is 40.5 Å². The Balaban J connectivity index is 1.84. The summed E-state index contributed by atoms with van der Waals surface area (Å²) in [5.41, 5.74) is 28.8. The quantitative estimate of drug-likeness (QED) is 0.0263. The average molecular weight is 965 g/mol. The Morgan fingerprint density at radius 2 is 1.25 bits per heavy atom. The number of rotatable bonds is 29. The number of carbonyl (C=O) groups excluding carboxylic acids is 7. The summed E-state index contributed by atoms with van der Waals surface area (Å²) in [7, 11) is 0. The lowest BCUT2D eigenvalue weighted by atomic mass is 9.96. The monoisotopic (exact) mass is 965 g/mol. The summed E-state index contributed by atoms with van der Waals surface area (Å²) in [6, 6.07) is -9.35. The molecule has 0 spiro atoms. The maximum absolute atomic E-state index is 14.5. The number of aliphatic hydroxyl groups excluding tert-OH is 1. The molecule has 2 saturated heterocycles. The summed E-state index contributed by atoms with van der Waals surface area (Å²) in [5.74, 6) is -6.81. The second kappa shape index (κ2) is 28.2. The van der Waals surface area contributed by atoms with Gasteiger partial charge < -0.3 is 80.2 Å². The second-order valence-electron chi connectivity index (χ2n) is 17.8. The van der Waals surface area contributed by atoms with Gasteiger partial charge in [-0.25, -0.2) is 9.78 Å². The lowest BCUT2D eigenvalue weighted by Crippen LogP contribution is -2.60. The number of aromatic amines is 1. The molecular weight excluding hydrogens is 889 g/mol. The molecule has 0 aliphatic carbocycles. The Labute approximate surface area is 396 Å². The van der Waals surface area contributed by atoms with Crippen LogP contribution in [0.3, 0.4) is 0 Å².